The van der Waals surface area contributed by atoms with Gasteiger partial charge in [0.15, 0.2) is 0 Å². The van der Waals surface area contributed by atoms with Crippen molar-refractivity contribution in [3.8, 4) is 11.5 Å². The maximum atomic E-state index is 10.0. The topological polar surface area (TPSA) is 29.5 Å². The third kappa shape index (κ3) is 4.31. The molecule has 24 heavy (non-hydrogen) atoms. The number of benzene rings is 2. The van der Waals surface area contributed by atoms with E-state index >= 15 is 0 Å². The fourth-order valence-electron chi connectivity index (χ4n) is 2.89. The van der Waals surface area contributed by atoms with Crippen molar-refractivity contribution in [2.24, 2.45) is 0 Å². The molecule has 2 aromatic rings. The Labute approximate surface area is 146 Å². The van der Waals surface area contributed by atoms with Crippen LogP contribution in [0.4, 0.5) is 0 Å². The maximum absolute atomic E-state index is 10.0. The molecule has 0 radical (unpaired) electrons. The normalized spacial score (nSPS) is 13.6. The molecule has 2 rings (SSSR count). The molecule has 0 heterocycles. The summed E-state index contributed by atoms with van der Waals surface area (Å²) in [6, 6.07) is 13.9. The van der Waals surface area contributed by atoms with Gasteiger partial charge in [-0.25, -0.2) is 0 Å². The van der Waals surface area contributed by atoms with Crippen LogP contribution in [-0.2, 0) is 10.8 Å². The molecule has 0 fully saturated rings. The molecule has 0 spiro atoms. The molecule has 1 unspecified atom stereocenters. The Morgan fingerprint density at radius 2 is 1.50 bits per heavy atom. The van der Waals surface area contributed by atoms with Crippen molar-refractivity contribution in [2.45, 2.75) is 65.4 Å². The molecule has 2 aromatic carbocycles. The zero-order chi connectivity index (χ0) is 18.1. The Bertz CT molecular complexity index is 703. The average molecular weight is 326 g/mol. The summed E-state index contributed by atoms with van der Waals surface area (Å²) < 4.78 is 6.19. The predicted molar refractivity (Wildman–Crippen MR) is 101 cm³/mol. The highest BCUT2D eigenvalue weighted by molar-refractivity contribution is 5.41. The number of phenols is 1. The molecular formula is C22H30O2. The minimum absolute atomic E-state index is 0.0383. The second-order valence-electron chi connectivity index (χ2n) is 8.56. The molecule has 0 amide bonds. The first-order valence-corrected chi connectivity index (χ1v) is 8.59. The lowest BCUT2D eigenvalue weighted by Gasteiger charge is -2.27. The summed E-state index contributed by atoms with van der Waals surface area (Å²) in [6.45, 7) is 15.1. The second-order valence-corrected chi connectivity index (χ2v) is 8.56. The number of ether oxygens (including phenoxy) is 1. The Balaban J connectivity index is 2.35. The quantitative estimate of drug-likeness (QED) is 0.735. The van der Waals surface area contributed by atoms with Crippen molar-refractivity contribution in [2.75, 3.05) is 0 Å². The van der Waals surface area contributed by atoms with Gasteiger partial charge in [-0.3, -0.25) is 0 Å². The van der Waals surface area contributed by atoms with Crippen LogP contribution >= 0.6 is 0 Å². The van der Waals surface area contributed by atoms with Crippen molar-refractivity contribution in [1.82, 2.24) is 0 Å². The van der Waals surface area contributed by atoms with Gasteiger partial charge in [-0.05, 0) is 46.6 Å². The lowest BCUT2D eigenvalue weighted by Crippen LogP contribution is -2.17. The van der Waals surface area contributed by atoms with E-state index in [9.17, 15) is 5.11 Å². The minimum atomic E-state index is -0.0879. The van der Waals surface area contributed by atoms with Gasteiger partial charge >= 0.3 is 0 Å². The van der Waals surface area contributed by atoms with Crippen molar-refractivity contribution >= 4 is 0 Å². The number of aromatic hydroxyl groups is 1. The van der Waals surface area contributed by atoms with Crippen molar-refractivity contribution in [1.29, 1.82) is 0 Å². The zero-order valence-corrected chi connectivity index (χ0v) is 16.0. The van der Waals surface area contributed by atoms with Crippen molar-refractivity contribution < 1.29 is 9.84 Å². The Morgan fingerprint density at radius 1 is 0.875 bits per heavy atom. The van der Waals surface area contributed by atoms with Crippen LogP contribution in [0.3, 0.4) is 0 Å². The first kappa shape index (κ1) is 18.4. The van der Waals surface area contributed by atoms with E-state index in [-0.39, 0.29) is 22.7 Å². The van der Waals surface area contributed by atoms with Gasteiger partial charge in [0.25, 0.3) is 0 Å². The molecule has 0 saturated heterocycles. The Hall–Kier alpha value is -1.96. The van der Waals surface area contributed by atoms with E-state index in [0.29, 0.717) is 5.75 Å². The van der Waals surface area contributed by atoms with E-state index in [4.69, 9.17) is 4.74 Å². The molecule has 0 aliphatic carbocycles. The Kier molecular flexibility index (Phi) is 4.98. The van der Waals surface area contributed by atoms with E-state index in [2.05, 4.69) is 66.7 Å². The summed E-state index contributed by atoms with van der Waals surface area (Å²) in [4.78, 5) is 0. The first-order valence-electron chi connectivity index (χ1n) is 8.59. The second kappa shape index (κ2) is 6.51. The van der Waals surface area contributed by atoms with E-state index in [1.807, 2.05) is 12.1 Å². The van der Waals surface area contributed by atoms with Gasteiger partial charge in [0.1, 0.15) is 17.6 Å². The standard InChI is InChI=1S/C22H30O2/c1-15(19-10-8-9-11-20(19)22(5,6)7)24-18-13-16(21(2,3)4)12-17(23)14-18/h8-15,23H,1-7H3. The molecule has 130 valence electrons. The summed E-state index contributed by atoms with van der Waals surface area (Å²) in [7, 11) is 0. The molecule has 0 bridgehead atoms. The molecule has 0 aromatic heterocycles. The summed E-state index contributed by atoms with van der Waals surface area (Å²) in [5.74, 6) is 0.949. The van der Waals surface area contributed by atoms with Gasteiger partial charge in [0.05, 0.1) is 0 Å². The summed E-state index contributed by atoms with van der Waals surface area (Å²) in [5.41, 5.74) is 3.56. The van der Waals surface area contributed by atoms with Crippen LogP contribution in [0.1, 0.15) is 71.3 Å². The molecule has 2 heteroatoms. The van der Waals surface area contributed by atoms with Crippen LogP contribution in [0.2, 0.25) is 0 Å². The molecule has 0 aliphatic heterocycles. The highest BCUT2D eigenvalue weighted by Gasteiger charge is 2.22. The number of hydrogen-bond acceptors (Lipinski definition) is 2. The van der Waals surface area contributed by atoms with Crippen LogP contribution in [0.25, 0.3) is 0 Å². The van der Waals surface area contributed by atoms with Gasteiger partial charge in [-0.1, -0.05) is 65.8 Å². The molecule has 1 atom stereocenters. The summed E-state index contributed by atoms with van der Waals surface area (Å²) in [6.07, 6.45) is -0.0879. The minimum Gasteiger partial charge on any atom is -0.508 e. The molecular weight excluding hydrogens is 296 g/mol. The van der Waals surface area contributed by atoms with Crippen LogP contribution in [0.15, 0.2) is 42.5 Å². The van der Waals surface area contributed by atoms with Crippen molar-refractivity contribution in [3.63, 3.8) is 0 Å². The van der Waals surface area contributed by atoms with Crippen LogP contribution < -0.4 is 4.74 Å². The van der Waals surface area contributed by atoms with Crippen molar-refractivity contribution in [3.05, 3.63) is 59.2 Å². The molecule has 1 N–H and O–H groups in total. The third-order valence-electron chi connectivity index (χ3n) is 4.28. The Morgan fingerprint density at radius 3 is 2.08 bits per heavy atom. The van der Waals surface area contributed by atoms with Gasteiger partial charge in [-0.2, -0.15) is 0 Å². The predicted octanol–water partition coefficient (Wildman–Crippen LogP) is 6.13. The highest BCUT2D eigenvalue weighted by atomic mass is 16.5. The molecule has 2 nitrogen and oxygen atoms in total. The van der Waals surface area contributed by atoms with Crippen LogP contribution in [-0.4, -0.2) is 5.11 Å². The fourth-order valence-corrected chi connectivity index (χ4v) is 2.89. The van der Waals surface area contributed by atoms with E-state index in [1.54, 1.807) is 12.1 Å². The fraction of sp³-hybridized carbons (Fsp3) is 0.455. The SMILES string of the molecule is CC(Oc1cc(O)cc(C(C)(C)C)c1)c1ccccc1C(C)(C)C. The zero-order valence-electron chi connectivity index (χ0n) is 16.0. The van der Waals surface area contributed by atoms with Gasteiger partial charge in [0.2, 0.25) is 0 Å². The average Bonchev–Trinajstić information content (AvgIpc) is 2.44. The van der Waals surface area contributed by atoms with E-state index in [1.165, 1.54) is 11.1 Å². The maximum Gasteiger partial charge on any atom is 0.124 e. The van der Waals surface area contributed by atoms with Crippen LogP contribution in [0.5, 0.6) is 11.5 Å². The number of rotatable bonds is 3. The number of phenolic OH excluding ortho intramolecular Hbond substituents is 1. The smallest absolute Gasteiger partial charge is 0.124 e. The first-order chi connectivity index (χ1) is 11.0. The number of hydrogen-bond donors (Lipinski definition) is 1. The van der Waals surface area contributed by atoms with Gasteiger partial charge < -0.3 is 9.84 Å². The third-order valence-corrected chi connectivity index (χ3v) is 4.28. The lowest BCUT2D eigenvalue weighted by molar-refractivity contribution is 0.222. The monoisotopic (exact) mass is 326 g/mol. The molecule has 0 aliphatic rings. The van der Waals surface area contributed by atoms with E-state index < -0.39 is 0 Å². The van der Waals surface area contributed by atoms with Crippen LogP contribution in [0, 0.1) is 0 Å². The summed E-state index contributed by atoms with van der Waals surface area (Å²) in [5, 5.41) is 10.0. The lowest BCUT2D eigenvalue weighted by atomic mass is 9.82. The highest BCUT2D eigenvalue weighted by Crippen LogP contribution is 2.35. The van der Waals surface area contributed by atoms with Gasteiger partial charge in [0, 0.05) is 6.07 Å². The summed E-state index contributed by atoms with van der Waals surface area (Å²) >= 11 is 0. The molecule has 0 saturated carbocycles. The largest absolute Gasteiger partial charge is 0.508 e. The van der Waals surface area contributed by atoms with Gasteiger partial charge in [-0.15, -0.1) is 0 Å². The van der Waals surface area contributed by atoms with E-state index in [0.717, 1.165) is 5.56 Å².